The second-order valence-corrected chi connectivity index (χ2v) is 4.71. The Hall–Kier alpha value is -1.70. The second kappa shape index (κ2) is 6.29. The van der Waals surface area contributed by atoms with E-state index in [0.29, 0.717) is 10.0 Å². The highest BCUT2D eigenvalue weighted by Gasteiger charge is 2.06. The van der Waals surface area contributed by atoms with E-state index in [-0.39, 0.29) is 13.2 Å². The third-order valence-corrected chi connectivity index (χ3v) is 3.33. The van der Waals surface area contributed by atoms with E-state index in [1.165, 1.54) is 22.7 Å². The molecule has 0 fully saturated rings. The van der Waals surface area contributed by atoms with Gasteiger partial charge in [-0.3, -0.25) is 0 Å². The summed E-state index contributed by atoms with van der Waals surface area (Å²) in [4.78, 5) is 8.58. The highest BCUT2D eigenvalue weighted by atomic mass is 32.1. The maximum Gasteiger partial charge on any atom is 0.167 e. The van der Waals surface area contributed by atoms with Crippen molar-refractivity contribution < 1.29 is 10.2 Å². The number of thiazole rings is 2. The Bertz CT molecular complexity index is 594. The van der Waals surface area contributed by atoms with E-state index in [4.69, 9.17) is 10.2 Å². The molecular weight excluding hydrogens is 268 g/mol. The lowest BCUT2D eigenvalue weighted by Gasteiger charge is -1.85. The van der Waals surface area contributed by atoms with Crippen molar-refractivity contribution in [1.82, 2.24) is 9.97 Å². The molecule has 0 aliphatic rings. The van der Waals surface area contributed by atoms with Gasteiger partial charge in [0.05, 0.1) is 0 Å². The number of nitrogens with zero attached hydrogens (tertiary/aromatic N) is 2. The van der Waals surface area contributed by atoms with Gasteiger partial charge >= 0.3 is 0 Å². The zero-order valence-corrected chi connectivity index (χ0v) is 10.8. The monoisotopic (exact) mass is 276 g/mol. The van der Waals surface area contributed by atoms with Gasteiger partial charge < -0.3 is 10.2 Å². The van der Waals surface area contributed by atoms with Crippen LogP contribution in [-0.4, -0.2) is 33.4 Å². The molecule has 2 heterocycles. The molecule has 0 radical (unpaired) electrons. The molecule has 0 unspecified atom stereocenters. The van der Waals surface area contributed by atoms with Crippen molar-refractivity contribution >= 4 is 22.7 Å². The van der Waals surface area contributed by atoms with Gasteiger partial charge in [-0.05, 0) is 11.8 Å². The van der Waals surface area contributed by atoms with Crippen molar-refractivity contribution in [3.8, 4) is 35.1 Å². The SMILES string of the molecule is OCC#Cc1nc(-c2csc(C#CCO)n2)cs1. The maximum atomic E-state index is 8.59. The Labute approximate surface area is 112 Å². The van der Waals surface area contributed by atoms with Crippen LogP contribution in [0.3, 0.4) is 0 Å². The van der Waals surface area contributed by atoms with E-state index >= 15 is 0 Å². The van der Waals surface area contributed by atoms with Crippen LogP contribution in [0.2, 0.25) is 0 Å². The summed E-state index contributed by atoms with van der Waals surface area (Å²) >= 11 is 2.81. The molecule has 6 heteroatoms. The summed E-state index contributed by atoms with van der Waals surface area (Å²) in [7, 11) is 0. The molecule has 2 aromatic rings. The van der Waals surface area contributed by atoms with Gasteiger partial charge in [0.2, 0.25) is 0 Å². The van der Waals surface area contributed by atoms with Crippen LogP contribution in [0.5, 0.6) is 0 Å². The minimum Gasteiger partial charge on any atom is -0.384 e. The van der Waals surface area contributed by atoms with Gasteiger partial charge in [0.15, 0.2) is 10.0 Å². The second-order valence-electron chi connectivity index (χ2n) is 3.00. The molecule has 0 aliphatic carbocycles. The maximum absolute atomic E-state index is 8.59. The minimum absolute atomic E-state index is 0.174. The Balaban J connectivity index is 2.21. The molecule has 0 saturated heterocycles. The Kier molecular flexibility index (Phi) is 4.46. The van der Waals surface area contributed by atoms with Crippen molar-refractivity contribution in [2.24, 2.45) is 0 Å². The van der Waals surface area contributed by atoms with Crippen LogP contribution in [0.25, 0.3) is 11.4 Å². The predicted octanol–water partition coefficient (Wildman–Crippen LogP) is 0.954. The lowest BCUT2D eigenvalue weighted by molar-refractivity contribution is 0.350. The molecule has 2 rings (SSSR count). The Morgan fingerprint density at radius 2 is 1.33 bits per heavy atom. The molecule has 0 aliphatic heterocycles. The van der Waals surface area contributed by atoms with Gasteiger partial charge in [-0.1, -0.05) is 11.8 Å². The van der Waals surface area contributed by atoms with Gasteiger partial charge in [-0.2, -0.15) is 0 Å². The Morgan fingerprint density at radius 3 is 1.72 bits per heavy atom. The summed E-state index contributed by atoms with van der Waals surface area (Å²) < 4.78 is 0. The topological polar surface area (TPSA) is 66.2 Å². The first-order valence-electron chi connectivity index (χ1n) is 4.94. The van der Waals surface area contributed by atoms with E-state index < -0.39 is 0 Å². The summed E-state index contributed by atoms with van der Waals surface area (Å²) in [5, 5.41) is 22.2. The largest absolute Gasteiger partial charge is 0.384 e. The highest BCUT2D eigenvalue weighted by molar-refractivity contribution is 7.11. The number of aromatic nitrogens is 2. The first kappa shape index (κ1) is 12.7. The molecule has 0 saturated carbocycles. The normalized spacial score (nSPS) is 9.22. The van der Waals surface area contributed by atoms with E-state index in [2.05, 4.69) is 33.6 Å². The van der Waals surface area contributed by atoms with Crippen molar-refractivity contribution in [3.63, 3.8) is 0 Å². The zero-order valence-electron chi connectivity index (χ0n) is 9.17. The smallest absolute Gasteiger partial charge is 0.167 e. The molecule has 0 amide bonds. The number of aliphatic hydroxyl groups is 2. The van der Waals surface area contributed by atoms with Crippen molar-refractivity contribution in [2.75, 3.05) is 13.2 Å². The average molecular weight is 276 g/mol. The van der Waals surface area contributed by atoms with E-state index in [0.717, 1.165) is 11.4 Å². The van der Waals surface area contributed by atoms with Crippen LogP contribution < -0.4 is 0 Å². The molecule has 4 nitrogen and oxygen atoms in total. The predicted molar refractivity (Wildman–Crippen MR) is 71.1 cm³/mol. The number of rotatable bonds is 1. The molecule has 0 atom stereocenters. The lowest BCUT2D eigenvalue weighted by Crippen LogP contribution is -1.80. The first-order chi connectivity index (χ1) is 8.83. The number of aliphatic hydroxyl groups excluding tert-OH is 2. The molecule has 2 N–H and O–H groups in total. The number of hydrogen-bond donors (Lipinski definition) is 2. The molecule has 0 bridgehead atoms. The van der Waals surface area contributed by atoms with Gasteiger partial charge in [0.1, 0.15) is 24.6 Å². The average Bonchev–Trinajstić information content (AvgIpc) is 3.02. The fourth-order valence-electron chi connectivity index (χ4n) is 1.13. The van der Waals surface area contributed by atoms with Gasteiger partial charge in [0, 0.05) is 10.8 Å². The van der Waals surface area contributed by atoms with E-state index in [1.54, 1.807) is 0 Å². The van der Waals surface area contributed by atoms with Crippen LogP contribution in [0, 0.1) is 23.7 Å². The molecule has 2 aromatic heterocycles. The molecule has 0 aromatic carbocycles. The van der Waals surface area contributed by atoms with Gasteiger partial charge in [0.25, 0.3) is 0 Å². The fourth-order valence-corrected chi connectivity index (χ4v) is 2.49. The summed E-state index contributed by atoms with van der Waals surface area (Å²) in [6.07, 6.45) is 0. The van der Waals surface area contributed by atoms with Crippen LogP contribution in [-0.2, 0) is 0 Å². The van der Waals surface area contributed by atoms with Crippen LogP contribution in [0.15, 0.2) is 10.8 Å². The molecular formula is C12H8N2O2S2. The van der Waals surface area contributed by atoms with Crippen LogP contribution >= 0.6 is 22.7 Å². The number of hydrogen-bond acceptors (Lipinski definition) is 6. The standard InChI is InChI=1S/C12H8N2O2S2/c15-5-1-3-11-13-9(7-17-11)10-8-18-12(14-10)4-2-6-16/h7-8,15-16H,5-6H2. The Morgan fingerprint density at radius 1 is 0.889 bits per heavy atom. The first-order valence-corrected chi connectivity index (χ1v) is 6.70. The third kappa shape index (κ3) is 3.16. The van der Waals surface area contributed by atoms with Crippen molar-refractivity contribution in [1.29, 1.82) is 0 Å². The summed E-state index contributed by atoms with van der Waals surface area (Å²) in [6.45, 7) is -0.348. The minimum atomic E-state index is -0.174. The zero-order chi connectivity index (χ0) is 12.8. The summed E-state index contributed by atoms with van der Waals surface area (Å²) in [6, 6.07) is 0. The van der Waals surface area contributed by atoms with Gasteiger partial charge in [-0.25, -0.2) is 9.97 Å². The fraction of sp³-hybridized carbons (Fsp3) is 0.167. The van der Waals surface area contributed by atoms with Crippen LogP contribution in [0.4, 0.5) is 0 Å². The van der Waals surface area contributed by atoms with Gasteiger partial charge in [-0.15, -0.1) is 22.7 Å². The molecule has 18 heavy (non-hydrogen) atoms. The lowest BCUT2D eigenvalue weighted by atomic mass is 10.4. The summed E-state index contributed by atoms with van der Waals surface area (Å²) in [5.41, 5.74) is 1.49. The molecule has 90 valence electrons. The van der Waals surface area contributed by atoms with Crippen LogP contribution in [0.1, 0.15) is 10.0 Å². The third-order valence-electron chi connectivity index (χ3n) is 1.82. The van der Waals surface area contributed by atoms with E-state index in [9.17, 15) is 0 Å². The summed E-state index contributed by atoms with van der Waals surface area (Å²) in [5.74, 6) is 10.6. The molecule has 0 spiro atoms. The van der Waals surface area contributed by atoms with E-state index in [1.807, 2.05) is 10.8 Å². The van der Waals surface area contributed by atoms with Crippen molar-refractivity contribution in [2.45, 2.75) is 0 Å². The highest BCUT2D eigenvalue weighted by Crippen LogP contribution is 2.23. The van der Waals surface area contributed by atoms with Crippen molar-refractivity contribution in [3.05, 3.63) is 20.8 Å². The quantitative estimate of drug-likeness (QED) is 0.761.